The van der Waals surface area contributed by atoms with Crippen molar-refractivity contribution in [3.05, 3.63) is 11.6 Å². The van der Waals surface area contributed by atoms with Crippen molar-refractivity contribution in [2.24, 2.45) is 0 Å². The van der Waals surface area contributed by atoms with Gasteiger partial charge in [0.25, 0.3) is 0 Å². The molecule has 1 heterocycles. The predicted molar refractivity (Wildman–Crippen MR) is 52.4 cm³/mol. The standard InChI is InChI=1S/C9H15N3O3/c1-5(13)7-11-10-6(2)12(7)9(3,4)8(14)15/h5,13H,1-4H3,(H,14,15). The SMILES string of the molecule is Cc1nnc(C(C)O)n1C(C)(C)C(=O)O. The van der Waals surface area contributed by atoms with E-state index in [1.165, 1.54) is 25.3 Å². The third-order valence-electron chi connectivity index (χ3n) is 2.31. The number of nitrogens with zero attached hydrogens (tertiary/aromatic N) is 3. The van der Waals surface area contributed by atoms with Crippen molar-refractivity contribution in [2.45, 2.75) is 39.3 Å². The van der Waals surface area contributed by atoms with E-state index in [-0.39, 0.29) is 5.82 Å². The Bertz CT molecular complexity index is 382. The van der Waals surface area contributed by atoms with Crippen molar-refractivity contribution in [1.82, 2.24) is 14.8 Å². The van der Waals surface area contributed by atoms with Crippen molar-refractivity contribution in [3.63, 3.8) is 0 Å². The number of carboxylic acids is 1. The van der Waals surface area contributed by atoms with E-state index in [0.29, 0.717) is 5.82 Å². The molecular formula is C9H15N3O3. The maximum Gasteiger partial charge on any atom is 0.329 e. The molecule has 0 fully saturated rings. The van der Waals surface area contributed by atoms with Crippen LogP contribution in [0, 0.1) is 6.92 Å². The molecule has 84 valence electrons. The van der Waals surface area contributed by atoms with Crippen molar-refractivity contribution in [2.75, 3.05) is 0 Å². The molecule has 0 bridgehead atoms. The van der Waals surface area contributed by atoms with Crippen LogP contribution in [0.2, 0.25) is 0 Å². The van der Waals surface area contributed by atoms with Gasteiger partial charge in [-0.25, -0.2) is 4.79 Å². The summed E-state index contributed by atoms with van der Waals surface area (Å²) in [5, 5.41) is 26.1. The zero-order valence-corrected chi connectivity index (χ0v) is 9.22. The average molecular weight is 213 g/mol. The Morgan fingerprint density at radius 1 is 1.47 bits per heavy atom. The molecule has 1 rings (SSSR count). The lowest BCUT2D eigenvalue weighted by Crippen LogP contribution is -2.38. The van der Waals surface area contributed by atoms with E-state index in [2.05, 4.69) is 10.2 Å². The van der Waals surface area contributed by atoms with Gasteiger partial charge in [0.1, 0.15) is 17.5 Å². The number of aromatic nitrogens is 3. The van der Waals surface area contributed by atoms with Crippen LogP contribution >= 0.6 is 0 Å². The van der Waals surface area contributed by atoms with Crippen LogP contribution < -0.4 is 0 Å². The highest BCUT2D eigenvalue weighted by molar-refractivity contribution is 5.75. The van der Waals surface area contributed by atoms with Crippen LogP contribution in [-0.2, 0) is 10.3 Å². The minimum absolute atomic E-state index is 0.264. The van der Waals surface area contributed by atoms with Gasteiger partial charge in [-0.2, -0.15) is 0 Å². The minimum Gasteiger partial charge on any atom is -0.480 e. The fourth-order valence-corrected chi connectivity index (χ4v) is 1.44. The van der Waals surface area contributed by atoms with Gasteiger partial charge in [-0.1, -0.05) is 0 Å². The largest absolute Gasteiger partial charge is 0.480 e. The first-order valence-electron chi connectivity index (χ1n) is 4.62. The molecule has 0 aliphatic heterocycles. The number of aliphatic hydroxyl groups excluding tert-OH is 1. The Morgan fingerprint density at radius 3 is 2.40 bits per heavy atom. The number of aliphatic carboxylic acids is 1. The van der Waals surface area contributed by atoms with Crippen molar-refractivity contribution >= 4 is 5.97 Å². The maximum atomic E-state index is 11.1. The summed E-state index contributed by atoms with van der Waals surface area (Å²) < 4.78 is 1.43. The number of hydrogen-bond acceptors (Lipinski definition) is 4. The Hall–Kier alpha value is -1.43. The molecule has 0 radical (unpaired) electrons. The minimum atomic E-state index is -1.17. The molecule has 1 unspecified atom stereocenters. The monoisotopic (exact) mass is 213 g/mol. The molecule has 0 amide bonds. The van der Waals surface area contributed by atoms with E-state index >= 15 is 0 Å². The summed E-state index contributed by atoms with van der Waals surface area (Å²) in [6, 6.07) is 0. The second kappa shape index (κ2) is 3.62. The van der Waals surface area contributed by atoms with E-state index in [0.717, 1.165) is 0 Å². The van der Waals surface area contributed by atoms with E-state index in [1.807, 2.05) is 0 Å². The first-order valence-corrected chi connectivity index (χ1v) is 4.62. The second-order valence-electron chi connectivity index (χ2n) is 3.98. The third-order valence-corrected chi connectivity index (χ3v) is 2.31. The van der Waals surface area contributed by atoms with Crippen LogP contribution in [0.4, 0.5) is 0 Å². The zero-order valence-electron chi connectivity index (χ0n) is 9.22. The molecule has 0 saturated heterocycles. The third kappa shape index (κ3) is 1.85. The Labute approximate surface area is 87.6 Å². The van der Waals surface area contributed by atoms with Crippen LogP contribution in [-0.4, -0.2) is 30.9 Å². The predicted octanol–water partition coefficient (Wildman–Crippen LogP) is 0.460. The summed E-state index contributed by atoms with van der Waals surface area (Å²) in [6.07, 6.45) is -0.843. The lowest BCUT2D eigenvalue weighted by Gasteiger charge is -2.24. The molecule has 15 heavy (non-hydrogen) atoms. The lowest BCUT2D eigenvalue weighted by molar-refractivity contribution is -0.146. The highest BCUT2D eigenvalue weighted by atomic mass is 16.4. The number of aryl methyl sites for hydroxylation is 1. The highest BCUT2D eigenvalue weighted by Crippen LogP contribution is 2.22. The molecule has 1 aromatic heterocycles. The van der Waals surface area contributed by atoms with Gasteiger partial charge in [0.15, 0.2) is 5.82 Å². The average Bonchev–Trinajstić information content (AvgIpc) is 2.47. The van der Waals surface area contributed by atoms with Crippen LogP contribution in [0.1, 0.15) is 38.5 Å². The number of rotatable bonds is 3. The molecule has 0 aliphatic carbocycles. The number of carboxylic acid groups (broad SMARTS) is 1. The maximum absolute atomic E-state index is 11.1. The van der Waals surface area contributed by atoms with E-state index in [1.54, 1.807) is 6.92 Å². The van der Waals surface area contributed by atoms with Crippen LogP contribution in [0.15, 0.2) is 0 Å². The van der Waals surface area contributed by atoms with Crippen molar-refractivity contribution < 1.29 is 15.0 Å². The molecule has 6 nitrogen and oxygen atoms in total. The van der Waals surface area contributed by atoms with Gasteiger partial charge in [-0.3, -0.25) is 4.57 Å². The van der Waals surface area contributed by atoms with Gasteiger partial charge in [0.2, 0.25) is 0 Å². The van der Waals surface area contributed by atoms with Crippen LogP contribution in [0.3, 0.4) is 0 Å². The second-order valence-corrected chi connectivity index (χ2v) is 3.98. The summed E-state index contributed by atoms with van der Waals surface area (Å²) in [4.78, 5) is 11.1. The molecule has 0 aromatic carbocycles. The fraction of sp³-hybridized carbons (Fsp3) is 0.667. The first kappa shape index (κ1) is 11.6. The smallest absolute Gasteiger partial charge is 0.329 e. The van der Waals surface area contributed by atoms with Gasteiger partial charge in [-0.05, 0) is 27.7 Å². The number of hydrogen-bond donors (Lipinski definition) is 2. The van der Waals surface area contributed by atoms with E-state index < -0.39 is 17.6 Å². The summed E-state index contributed by atoms with van der Waals surface area (Å²) in [7, 11) is 0. The molecule has 1 aromatic rings. The number of aliphatic hydroxyl groups is 1. The molecular weight excluding hydrogens is 198 g/mol. The molecule has 2 N–H and O–H groups in total. The quantitative estimate of drug-likeness (QED) is 0.761. The van der Waals surface area contributed by atoms with Gasteiger partial charge in [-0.15, -0.1) is 10.2 Å². The molecule has 0 spiro atoms. The van der Waals surface area contributed by atoms with E-state index in [9.17, 15) is 9.90 Å². The molecule has 0 aliphatic rings. The summed E-state index contributed by atoms with van der Waals surface area (Å²) in [5.74, 6) is -0.259. The molecule has 1 atom stereocenters. The van der Waals surface area contributed by atoms with Crippen molar-refractivity contribution in [3.8, 4) is 0 Å². The normalized spacial score (nSPS) is 13.9. The fourth-order valence-electron chi connectivity index (χ4n) is 1.44. The zero-order chi connectivity index (χ0) is 11.8. The summed E-state index contributed by atoms with van der Waals surface area (Å²) >= 11 is 0. The molecule has 6 heteroatoms. The van der Waals surface area contributed by atoms with Gasteiger partial charge < -0.3 is 10.2 Å². The Morgan fingerprint density at radius 2 is 2.00 bits per heavy atom. The first-order chi connectivity index (χ1) is 6.78. The topological polar surface area (TPSA) is 88.2 Å². The summed E-state index contributed by atoms with van der Waals surface area (Å²) in [6.45, 7) is 6.26. The van der Waals surface area contributed by atoms with E-state index in [4.69, 9.17) is 5.11 Å². The Kier molecular flexibility index (Phi) is 2.81. The van der Waals surface area contributed by atoms with Gasteiger partial charge in [0.05, 0.1) is 0 Å². The highest BCUT2D eigenvalue weighted by Gasteiger charge is 2.34. The van der Waals surface area contributed by atoms with Crippen LogP contribution in [0.25, 0.3) is 0 Å². The lowest BCUT2D eigenvalue weighted by atomic mass is 10.1. The Balaban J connectivity index is 3.35. The van der Waals surface area contributed by atoms with Crippen molar-refractivity contribution in [1.29, 1.82) is 0 Å². The van der Waals surface area contributed by atoms with Gasteiger partial charge >= 0.3 is 5.97 Å². The summed E-state index contributed by atoms with van der Waals surface area (Å²) in [5.41, 5.74) is -1.17. The number of carbonyl (C=O) groups is 1. The van der Waals surface area contributed by atoms with Gasteiger partial charge in [0, 0.05) is 0 Å². The van der Waals surface area contributed by atoms with Crippen LogP contribution in [0.5, 0.6) is 0 Å². The molecule has 0 saturated carbocycles.